The highest BCUT2D eigenvalue weighted by Gasteiger charge is 2.22. The number of nitrogens with zero attached hydrogens (tertiary/aromatic N) is 1. The molecule has 0 aliphatic heterocycles. The molecule has 0 aromatic heterocycles. The summed E-state index contributed by atoms with van der Waals surface area (Å²) in [4.78, 5) is 0. The largest absolute Gasteiger partial charge is 0.214 e. The summed E-state index contributed by atoms with van der Waals surface area (Å²) >= 11 is 5.70. The SMILES string of the molecule is CC(C)CS(=O)(=O)N(CCCl)Cc1ccccc1. The van der Waals surface area contributed by atoms with Gasteiger partial charge in [-0.25, -0.2) is 8.42 Å². The van der Waals surface area contributed by atoms with E-state index in [2.05, 4.69) is 0 Å². The number of benzene rings is 1. The Labute approximate surface area is 115 Å². The Kier molecular flexibility index (Phi) is 6.12. The zero-order chi connectivity index (χ0) is 13.6. The van der Waals surface area contributed by atoms with Crippen LogP contribution in [0.15, 0.2) is 30.3 Å². The second-order valence-electron chi connectivity index (χ2n) is 4.68. The molecule has 0 bridgehead atoms. The van der Waals surface area contributed by atoms with Gasteiger partial charge in [-0.15, -0.1) is 11.6 Å². The third-order valence-corrected chi connectivity index (χ3v) is 4.83. The molecule has 0 saturated carbocycles. The van der Waals surface area contributed by atoms with Crippen LogP contribution in [-0.2, 0) is 16.6 Å². The Bertz CT molecular complexity index is 445. The molecule has 1 rings (SSSR count). The maximum atomic E-state index is 12.2. The summed E-state index contributed by atoms with van der Waals surface area (Å²) in [6.07, 6.45) is 0. The summed E-state index contributed by atoms with van der Waals surface area (Å²) < 4.78 is 25.9. The minimum atomic E-state index is -3.23. The molecule has 1 aromatic carbocycles. The van der Waals surface area contributed by atoms with Gasteiger partial charge in [0.25, 0.3) is 0 Å². The van der Waals surface area contributed by atoms with Crippen molar-refractivity contribution < 1.29 is 8.42 Å². The maximum absolute atomic E-state index is 12.2. The van der Waals surface area contributed by atoms with Gasteiger partial charge in [0.1, 0.15) is 0 Å². The van der Waals surface area contributed by atoms with Crippen LogP contribution in [-0.4, -0.2) is 30.9 Å². The predicted octanol–water partition coefficient (Wildman–Crippen LogP) is 2.71. The first kappa shape index (κ1) is 15.5. The van der Waals surface area contributed by atoms with Gasteiger partial charge in [0, 0.05) is 19.0 Å². The van der Waals surface area contributed by atoms with Crippen LogP contribution in [0.3, 0.4) is 0 Å². The van der Waals surface area contributed by atoms with Crippen LogP contribution in [0.5, 0.6) is 0 Å². The first-order valence-corrected chi connectivity index (χ1v) is 8.18. The fraction of sp³-hybridized carbons (Fsp3) is 0.538. The number of halogens is 1. The Morgan fingerprint density at radius 1 is 1.22 bits per heavy atom. The molecular weight excluding hydrogens is 270 g/mol. The number of sulfonamides is 1. The van der Waals surface area contributed by atoms with E-state index in [4.69, 9.17) is 11.6 Å². The number of hydrogen-bond donors (Lipinski definition) is 0. The lowest BCUT2D eigenvalue weighted by Gasteiger charge is -2.22. The highest BCUT2D eigenvalue weighted by molar-refractivity contribution is 7.89. The quantitative estimate of drug-likeness (QED) is 0.724. The molecule has 102 valence electrons. The van der Waals surface area contributed by atoms with E-state index in [1.165, 1.54) is 4.31 Å². The normalized spacial score (nSPS) is 12.3. The second kappa shape index (κ2) is 7.12. The van der Waals surface area contributed by atoms with Crippen molar-refractivity contribution in [3.63, 3.8) is 0 Å². The number of hydrogen-bond acceptors (Lipinski definition) is 2. The lowest BCUT2D eigenvalue weighted by Crippen LogP contribution is -2.35. The van der Waals surface area contributed by atoms with E-state index in [1.54, 1.807) is 0 Å². The topological polar surface area (TPSA) is 37.4 Å². The average molecular weight is 290 g/mol. The Morgan fingerprint density at radius 2 is 1.83 bits per heavy atom. The molecule has 0 fully saturated rings. The van der Waals surface area contributed by atoms with Crippen LogP contribution < -0.4 is 0 Å². The van der Waals surface area contributed by atoms with Gasteiger partial charge in [0.05, 0.1) is 5.75 Å². The lowest BCUT2D eigenvalue weighted by atomic mass is 10.2. The molecule has 0 N–H and O–H groups in total. The maximum Gasteiger partial charge on any atom is 0.214 e. The Morgan fingerprint density at radius 3 is 2.33 bits per heavy atom. The van der Waals surface area contributed by atoms with Crippen molar-refractivity contribution in [3.8, 4) is 0 Å². The van der Waals surface area contributed by atoms with Gasteiger partial charge in [0.2, 0.25) is 10.0 Å². The molecule has 0 radical (unpaired) electrons. The highest BCUT2D eigenvalue weighted by Crippen LogP contribution is 2.12. The van der Waals surface area contributed by atoms with Gasteiger partial charge in [0.15, 0.2) is 0 Å². The van der Waals surface area contributed by atoms with Crippen molar-refractivity contribution in [1.82, 2.24) is 4.31 Å². The third kappa shape index (κ3) is 4.96. The minimum absolute atomic E-state index is 0.114. The fourth-order valence-electron chi connectivity index (χ4n) is 1.72. The van der Waals surface area contributed by atoms with Crippen molar-refractivity contribution in [2.24, 2.45) is 5.92 Å². The standard InChI is InChI=1S/C13H20ClNO2S/c1-12(2)11-18(16,17)15(9-8-14)10-13-6-4-3-5-7-13/h3-7,12H,8-11H2,1-2H3. The van der Waals surface area contributed by atoms with E-state index in [-0.39, 0.29) is 11.7 Å². The molecule has 1 aromatic rings. The molecule has 0 unspecified atom stereocenters. The van der Waals surface area contributed by atoms with Gasteiger partial charge in [-0.05, 0) is 11.5 Å². The van der Waals surface area contributed by atoms with Crippen LogP contribution in [0.1, 0.15) is 19.4 Å². The third-order valence-electron chi connectivity index (χ3n) is 2.47. The lowest BCUT2D eigenvalue weighted by molar-refractivity contribution is 0.420. The summed E-state index contributed by atoms with van der Waals surface area (Å²) in [5.74, 6) is 0.588. The first-order valence-electron chi connectivity index (χ1n) is 6.03. The van der Waals surface area contributed by atoms with E-state index in [9.17, 15) is 8.42 Å². The molecule has 0 aliphatic carbocycles. The zero-order valence-electron chi connectivity index (χ0n) is 10.8. The van der Waals surface area contributed by atoms with E-state index in [0.717, 1.165) is 5.56 Å². The van der Waals surface area contributed by atoms with Crippen molar-refractivity contribution in [1.29, 1.82) is 0 Å². The van der Waals surface area contributed by atoms with E-state index in [0.29, 0.717) is 19.0 Å². The summed E-state index contributed by atoms with van der Waals surface area (Å²) in [5, 5.41) is 0. The van der Waals surface area contributed by atoms with Crippen molar-refractivity contribution in [2.75, 3.05) is 18.2 Å². The van der Waals surface area contributed by atoms with Gasteiger partial charge >= 0.3 is 0 Å². The van der Waals surface area contributed by atoms with Crippen LogP contribution in [0.4, 0.5) is 0 Å². The number of alkyl halides is 1. The number of rotatable bonds is 7. The molecule has 3 nitrogen and oxygen atoms in total. The van der Waals surface area contributed by atoms with Crippen LogP contribution in [0.25, 0.3) is 0 Å². The van der Waals surface area contributed by atoms with Gasteiger partial charge in [-0.1, -0.05) is 44.2 Å². The second-order valence-corrected chi connectivity index (χ2v) is 7.07. The molecule has 0 aliphatic rings. The molecule has 0 spiro atoms. The fourth-order valence-corrected chi connectivity index (χ4v) is 3.80. The Hall–Kier alpha value is -0.580. The molecular formula is C13H20ClNO2S. The van der Waals surface area contributed by atoms with Gasteiger partial charge < -0.3 is 0 Å². The minimum Gasteiger partial charge on any atom is -0.212 e. The van der Waals surface area contributed by atoms with Crippen LogP contribution in [0.2, 0.25) is 0 Å². The molecule has 0 saturated heterocycles. The molecule has 5 heteroatoms. The van der Waals surface area contributed by atoms with Gasteiger partial charge in [-0.3, -0.25) is 0 Å². The van der Waals surface area contributed by atoms with Crippen molar-refractivity contribution >= 4 is 21.6 Å². The van der Waals surface area contributed by atoms with Crippen LogP contribution in [0, 0.1) is 5.92 Å². The Balaban J connectivity index is 2.83. The van der Waals surface area contributed by atoms with E-state index < -0.39 is 10.0 Å². The predicted molar refractivity (Wildman–Crippen MR) is 76.2 cm³/mol. The molecule has 18 heavy (non-hydrogen) atoms. The summed E-state index contributed by atoms with van der Waals surface area (Å²) in [5.41, 5.74) is 0.981. The molecule has 0 heterocycles. The van der Waals surface area contributed by atoms with Gasteiger partial charge in [-0.2, -0.15) is 4.31 Å². The van der Waals surface area contributed by atoms with Crippen LogP contribution >= 0.6 is 11.6 Å². The highest BCUT2D eigenvalue weighted by atomic mass is 35.5. The van der Waals surface area contributed by atoms with Crippen molar-refractivity contribution in [3.05, 3.63) is 35.9 Å². The monoisotopic (exact) mass is 289 g/mol. The zero-order valence-corrected chi connectivity index (χ0v) is 12.4. The van der Waals surface area contributed by atoms with E-state index >= 15 is 0 Å². The summed E-state index contributed by atoms with van der Waals surface area (Å²) in [6.45, 7) is 4.55. The smallest absolute Gasteiger partial charge is 0.212 e. The molecule has 0 amide bonds. The average Bonchev–Trinajstić information content (AvgIpc) is 2.28. The summed E-state index contributed by atoms with van der Waals surface area (Å²) in [7, 11) is -3.23. The van der Waals surface area contributed by atoms with Crippen molar-refractivity contribution in [2.45, 2.75) is 20.4 Å². The van der Waals surface area contributed by atoms with E-state index in [1.807, 2.05) is 44.2 Å². The molecule has 0 atom stereocenters. The summed E-state index contributed by atoms with van der Waals surface area (Å²) in [6, 6.07) is 9.57. The first-order chi connectivity index (χ1) is 8.45.